The quantitative estimate of drug-likeness (QED) is 0.00803. The van der Waals surface area contributed by atoms with Gasteiger partial charge < -0.3 is 57.5 Å². The molecule has 654 valence electrons. The molecule has 2 aliphatic rings. The van der Waals surface area contributed by atoms with Gasteiger partial charge in [0.2, 0.25) is 52.7 Å². The number of hydrogen-bond acceptors (Lipinski definition) is 24. The van der Waals surface area contributed by atoms with Gasteiger partial charge in [-0.05, 0) is 155 Å². The predicted octanol–water partition coefficient (Wildman–Crippen LogP) is 18.2. The van der Waals surface area contributed by atoms with E-state index in [0.717, 1.165) is 61.7 Å². The molecular formula is C86H112F5N17O13. The maximum absolute atomic E-state index is 14.7. The molecule has 0 radical (unpaired) electrons. The Labute approximate surface area is 701 Å². The van der Waals surface area contributed by atoms with E-state index in [9.17, 15) is 50.7 Å². The Morgan fingerprint density at radius 1 is 0.488 bits per heavy atom. The van der Waals surface area contributed by atoms with Crippen molar-refractivity contribution in [1.29, 1.82) is 0 Å². The van der Waals surface area contributed by atoms with Crippen LogP contribution in [0.15, 0.2) is 80.2 Å². The highest BCUT2D eigenvalue weighted by Gasteiger charge is 2.35. The molecule has 0 aliphatic heterocycles. The number of carbonyl (C=O) groups is 6. The van der Waals surface area contributed by atoms with Crippen molar-refractivity contribution in [2.45, 2.75) is 249 Å². The third kappa shape index (κ3) is 25.9. The second-order valence-corrected chi connectivity index (χ2v) is 32.7. The number of aromatic nitrogens is 12. The van der Waals surface area contributed by atoms with Gasteiger partial charge in [-0.25, -0.2) is 57.2 Å². The Kier molecular flexibility index (Phi) is 32.7. The zero-order chi connectivity index (χ0) is 88.0. The van der Waals surface area contributed by atoms with Crippen LogP contribution < -0.4 is 30.1 Å². The van der Waals surface area contributed by atoms with Crippen LogP contribution in [0.25, 0.3) is 33.5 Å². The molecule has 35 heteroatoms. The number of nitrogens with one attached hydrogen (secondary N) is 2. The maximum atomic E-state index is 14.7. The molecule has 0 spiro atoms. The summed E-state index contributed by atoms with van der Waals surface area (Å²) in [5.41, 5.74) is 3.07. The molecule has 6 heterocycles. The summed E-state index contributed by atoms with van der Waals surface area (Å²) in [6, 6.07) is 16.1. The van der Waals surface area contributed by atoms with E-state index in [4.69, 9.17) is 38.1 Å². The topological polar surface area (TPSA) is 332 Å². The van der Waals surface area contributed by atoms with Crippen LogP contribution in [0.5, 0.6) is 11.6 Å². The normalized spacial score (nSPS) is 13.3. The number of amides is 3. The first-order valence-corrected chi connectivity index (χ1v) is 41.1. The molecule has 30 nitrogen and oxygen atoms in total. The molecule has 3 amide bonds. The Balaban J connectivity index is 0.000000210. The molecule has 0 saturated heterocycles. The van der Waals surface area contributed by atoms with Gasteiger partial charge in [0, 0.05) is 19.6 Å². The monoisotopic (exact) mass is 1690 g/mol. The lowest BCUT2D eigenvalue weighted by Gasteiger charge is -2.27. The van der Waals surface area contributed by atoms with Crippen molar-refractivity contribution in [3.05, 3.63) is 132 Å². The first-order chi connectivity index (χ1) is 57.5. The van der Waals surface area contributed by atoms with Gasteiger partial charge in [-0.2, -0.15) is 38.7 Å². The molecule has 6 aromatic heterocycles. The van der Waals surface area contributed by atoms with E-state index in [1.807, 2.05) is 65.8 Å². The molecule has 0 bridgehead atoms. The number of ether oxygens (including phenoxy) is 7. The van der Waals surface area contributed by atoms with Gasteiger partial charge in [-0.1, -0.05) is 127 Å². The SMILES string of the molecule is C=CCNc1nc(N(Cc2ccc(C3CCCCC3)cc2)C(=O)OC(C)(C)C)nc2c1ncn2CC(=O)OCC.CCCCCN(C(=O)OC(C)(C)C)c1nc(NCC(C)C)c2ncn(CC(=O)OCC)c2n1.CCOC(=O)Cn1cnc2c(Oc3c(F)c(F)c(F)c(F)c3F)nc(N(Cc3ccc(C4CCCCC4)cc3)C(=O)OC(C)(C)C)nc21. The number of carbonyl (C=O) groups excluding carboxylic acids is 6. The number of benzene rings is 3. The fourth-order valence-electron chi connectivity index (χ4n) is 13.3. The summed E-state index contributed by atoms with van der Waals surface area (Å²) in [7, 11) is 0. The van der Waals surface area contributed by atoms with Gasteiger partial charge in [-0.15, -0.1) is 6.58 Å². The highest BCUT2D eigenvalue weighted by atomic mass is 19.2. The van der Waals surface area contributed by atoms with E-state index in [-0.39, 0.29) is 75.0 Å². The standard InChI is InChI=1S/C33H34F5N5O5.C30H40N6O4.C23H38N6O4/c1-5-46-21(44)16-42-17-39-27-29(42)40-31(41-30(27)47-28-25(37)23(35)22(34)24(36)26(28)38)43(32(45)48-33(2,3)4)15-18-11-13-20(14-12-18)19-9-7-6-8-10-19;1-6-17-31-26-25-27(35(20-32-25)19-24(37)39-7-2)34-28(33-26)36(29(38)40-30(3,4)5)18-21-13-15-23(16-14-21)22-11-9-8-10-12-22;1-8-10-11-12-29(22(31)33-23(5,6)7)21-26-19(24-13-16(3)4)18-20(27-21)28(15-25-18)14-17(30)32-9-2/h11-14,17,19H,5-10,15-16H2,1-4H3;6,13-16,20,22H,1,7-12,17-19H2,2-5H3,(H,31,33,34);15-16H,8-14H2,1-7H3,(H,24,26,27). The zero-order valence-electron chi connectivity index (χ0n) is 71.7. The molecule has 9 aromatic rings. The fraction of sp³-hybridized carbons (Fsp3) is 0.523. The summed E-state index contributed by atoms with van der Waals surface area (Å²) < 4.78 is 113. The van der Waals surface area contributed by atoms with Crippen LogP contribution >= 0.6 is 0 Å². The lowest BCUT2D eigenvalue weighted by molar-refractivity contribution is -0.144. The number of hydrogen-bond donors (Lipinski definition) is 2. The average Bonchev–Trinajstić information content (AvgIpc) is 1.70. The molecule has 11 rings (SSSR count). The second kappa shape index (κ2) is 42.5. The van der Waals surface area contributed by atoms with Crippen molar-refractivity contribution >= 4 is 99.2 Å². The number of halogens is 5. The number of anilines is 5. The summed E-state index contributed by atoms with van der Waals surface area (Å²) in [5, 5.41) is 6.49. The van der Waals surface area contributed by atoms with E-state index in [1.54, 1.807) is 56.8 Å². The number of imidazole rings is 3. The van der Waals surface area contributed by atoms with Crippen LogP contribution in [0.3, 0.4) is 0 Å². The molecule has 0 unspecified atom stereocenters. The zero-order valence-corrected chi connectivity index (χ0v) is 71.7. The Morgan fingerprint density at radius 2 is 0.851 bits per heavy atom. The van der Waals surface area contributed by atoms with E-state index in [1.165, 1.54) is 76.7 Å². The molecule has 2 aliphatic carbocycles. The average molecular weight is 1690 g/mol. The van der Waals surface area contributed by atoms with Crippen LogP contribution in [-0.4, -0.2) is 151 Å². The summed E-state index contributed by atoms with van der Waals surface area (Å²) >= 11 is 0. The smallest absolute Gasteiger partial charge is 0.417 e. The van der Waals surface area contributed by atoms with Gasteiger partial charge in [0.05, 0.1) is 51.9 Å². The van der Waals surface area contributed by atoms with Crippen molar-refractivity contribution in [2.75, 3.05) is 64.8 Å². The molecule has 2 fully saturated rings. The van der Waals surface area contributed by atoms with E-state index in [2.05, 4.69) is 102 Å². The summed E-state index contributed by atoms with van der Waals surface area (Å²) in [6.45, 7) is 32.6. The number of fused-ring (bicyclic) bond motifs is 3. The second-order valence-electron chi connectivity index (χ2n) is 32.7. The van der Waals surface area contributed by atoms with Gasteiger partial charge in [-0.3, -0.25) is 14.4 Å². The highest BCUT2D eigenvalue weighted by Crippen LogP contribution is 2.39. The maximum Gasteiger partial charge on any atom is 0.417 e. The fourth-order valence-corrected chi connectivity index (χ4v) is 13.3. The predicted molar refractivity (Wildman–Crippen MR) is 447 cm³/mol. The minimum absolute atomic E-state index is 0.0350. The molecule has 2 saturated carbocycles. The van der Waals surface area contributed by atoms with Crippen molar-refractivity contribution in [1.82, 2.24) is 58.6 Å². The van der Waals surface area contributed by atoms with Crippen molar-refractivity contribution < 1.29 is 83.9 Å². The molecule has 3 aromatic carbocycles. The van der Waals surface area contributed by atoms with Gasteiger partial charge >= 0.3 is 36.2 Å². The largest absolute Gasteiger partial charge is 0.465 e. The third-order valence-electron chi connectivity index (χ3n) is 18.9. The Morgan fingerprint density at radius 3 is 1.23 bits per heavy atom. The van der Waals surface area contributed by atoms with E-state index in [0.29, 0.717) is 76.9 Å². The van der Waals surface area contributed by atoms with Crippen LogP contribution in [0.1, 0.15) is 221 Å². The molecule has 0 atom stereocenters. The molecular weight excluding hydrogens is 1570 g/mol. The minimum Gasteiger partial charge on any atom is -0.465 e. The van der Waals surface area contributed by atoms with Gasteiger partial charge in [0.15, 0.2) is 45.1 Å². The van der Waals surface area contributed by atoms with Gasteiger partial charge in [0.1, 0.15) is 36.4 Å². The van der Waals surface area contributed by atoms with Crippen molar-refractivity contribution in [3.8, 4) is 11.6 Å². The summed E-state index contributed by atoms with van der Waals surface area (Å²) in [6.07, 6.45) is 18.6. The number of esters is 3. The lowest BCUT2D eigenvalue weighted by atomic mass is 9.84. The molecule has 2 N–H and O–H groups in total. The Hall–Kier alpha value is -11.7. The number of unbranched alkanes of at least 4 members (excludes halogenated alkanes) is 2. The summed E-state index contributed by atoms with van der Waals surface area (Å²) in [5.74, 6) is -13.1. The first kappa shape index (κ1) is 93.2. The van der Waals surface area contributed by atoms with E-state index < -0.39 is 100 Å². The van der Waals surface area contributed by atoms with Crippen LogP contribution in [0.2, 0.25) is 0 Å². The summed E-state index contributed by atoms with van der Waals surface area (Å²) in [4.78, 5) is 121. The van der Waals surface area contributed by atoms with Gasteiger partial charge in [0.25, 0.3) is 5.88 Å². The third-order valence-corrected chi connectivity index (χ3v) is 18.9. The van der Waals surface area contributed by atoms with Crippen LogP contribution in [-0.2, 0) is 75.5 Å². The number of rotatable bonds is 30. The minimum atomic E-state index is -2.38. The Bertz CT molecular complexity index is 5020. The lowest BCUT2D eigenvalue weighted by Crippen LogP contribution is -2.38. The molecule has 121 heavy (non-hydrogen) atoms. The highest BCUT2D eigenvalue weighted by molar-refractivity contribution is 5.92. The van der Waals surface area contributed by atoms with Crippen molar-refractivity contribution in [2.24, 2.45) is 5.92 Å². The van der Waals surface area contributed by atoms with Crippen LogP contribution in [0.4, 0.5) is 65.8 Å². The first-order valence-electron chi connectivity index (χ1n) is 41.1. The number of nitrogens with zero attached hydrogens (tertiary/aromatic N) is 15. The van der Waals surface area contributed by atoms with Crippen molar-refractivity contribution in [3.63, 3.8) is 0 Å². The van der Waals surface area contributed by atoms with E-state index >= 15 is 0 Å². The van der Waals surface area contributed by atoms with Crippen LogP contribution in [0, 0.1) is 35.0 Å².